The second-order valence-corrected chi connectivity index (χ2v) is 4.68. The van der Waals surface area contributed by atoms with Crippen LogP contribution in [0.5, 0.6) is 0 Å². The van der Waals surface area contributed by atoms with Crippen LogP contribution in [0.25, 0.3) is 21.9 Å². The third-order valence-electron chi connectivity index (χ3n) is 2.40. The maximum atomic E-state index is 6.19. The Bertz CT molecular complexity index is 657. The molecule has 0 radical (unpaired) electrons. The number of benzene rings is 2. The predicted octanol–water partition coefficient (Wildman–Crippen LogP) is 5.00. The van der Waals surface area contributed by atoms with E-state index >= 15 is 0 Å². The molecule has 0 aliphatic heterocycles. The SMILES string of the molecule is Clc1cc(Br)cc2oc3ccccc3c12. The van der Waals surface area contributed by atoms with Crippen LogP contribution in [-0.4, -0.2) is 0 Å². The zero-order valence-corrected chi connectivity index (χ0v) is 9.97. The van der Waals surface area contributed by atoms with Crippen LogP contribution in [0.2, 0.25) is 5.02 Å². The highest BCUT2D eigenvalue weighted by atomic mass is 79.9. The summed E-state index contributed by atoms with van der Waals surface area (Å²) in [5.74, 6) is 0. The zero-order valence-electron chi connectivity index (χ0n) is 7.63. The van der Waals surface area contributed by atoms with Crippen molar-refractivity contribution in [2.24, 2.45) is 0 Å². The van der Waals surface area contributed by atoms with Crippen LogP contribution in [0.15, 0.2) is 45.3 Å². The third-order valence-corrected chi connectivity index (χ3v) is 3.15. The van der Waals surface area contributed by atoms with Crippen molar-refractivity contribution in [1.29, 1.82) is 0 Å². The standard InChI is InChI=1S/C12H6BrClO/c13-7-5-9(14)12-8-3-1-2-4-10(8)15-11(12)6-7/h1-6H. The lowest BCUT2D eigenvalue weighted by Gasteiger charge is -1.94. The number of hydrogen-bond acceptors (Lipinski definition) is 1. The van der Waals surface area contributed by atoms with Gasteiger partial charge in [-0.3, -0.25) is 0 Å². The Morgan fingerprint density at radius 2 is 1.87 bits per heavy atom. The van der Waals surface area contributed by atoms with E-state index in [0.29, 0.717) is 5.02 Å². The van der Waals surface area contributed by atoms with Gasteiger partial charge in [0.25, 0.3) is 0 Å². The molecule has 0 amide bonds. The Hall–Kier alpha value is -0.990. The van der Waals surface area contributed by atoms with Crippen LogP contribution in [0.1, 0.15) is 0 Å². The summed E-state index contributed by atoms with van der Waals surface area (Å²) in [6.45, 7) is 0. The van der Waals surface area contributed by atoms with Crippen LogP contribution in [0, 0.1) is 0 Å². The van der Waals surface area contributed by atoms with Crippen molar-refractivity contribution in [1.82, 2.24) is 0 Å². The molecule has 0 unspecified atom stereocenters. The van der Waals surface area contributed by atoms with Gasteiger partial charge in [0.1, 0.15) is 11.2 Å². The average molecular weight is 282 g/mol. The largest absolute Gasteiger partial charge is 0.456 e. The van der Waals surface area contributed by atoms with E-state index in [1.165, 1.54) is 0 Å². The highest BCUT2D eigenvalue weighted by Crippen LogP contribution is 2.35. The molecular weight excluding hydrogens is 275 g/mol. The van der Waals surface area contributed by atoms with E-state index in [1.54, 1.807) is 0 Å². The molecular formula is C12H6BrClO. The first-order valence-electron chi connectivity index (χ1n) is 4.52. The van der Waals surface area contributed by atoms with Crippen molar-refractivity contribution in [3.63, 3.8) is 0 Å². The van der Waals surface area contributed by atoms with Crippen LogP contribution in [0.4, 0.5) is 0 Å². The molecule has 15 heavy (non-hydrogen) atoms. The van der Waals surface area contributed by atoms with Crippen molar-refractivity contribution < 1.29 is 4.42 Å². The van der Waals surface area contributed by atoms with Crippen LogP contribution < -0.4 is 0 Å². The number of fused-ring (bicyclic) bond motifs is 3. The minimum atomic E-state index is 0.712. The van der Waals surface area contributed by atoms with Crippen LogP contribution in [-0.2, 0) is 0 Å². The van der Waals surface area contributed by atoms with E-state index < -0.39 is 0 Å². The number of para-hydroxylation sites is 1. The molecule has 3 aromatic rings. The van der Waals surface area contributed by atoms with Gasteiger partial charge in [0, 0.05) is 15.2 Å². The highest BCUT2D eigenvalue weighted by molar-refractivity contribution is 9.10. The van der Waals surface area contributed by atoms with Crippen molar-refractivity contribution in [2.45, 2.75) is 0 Å². The number of halogens is 2. The van der Waals surface area contributed by atoms with Gasteiger partial charge in [-0.15, -0.1) is 0 Å². The Labute approximate surface area is 99.8 Å². The molecule has 3 rings (SSSR count). The van der Waals surface area contributed by atoms with E-state index in [4.69, 9.17) is 16.0 Å². The van der Waals surface area contributed by atoms with E-state index in [9.17, 15) is 0 Å². The summed E-state index contributed by atoms with van der Waals surface area (Å²) in [5.41, 5.74) is 1.68. The van der Waals surface area contributed by atoms with Gasteiger partial charge in [0.15, 0.2) is 0 Å². The van der Waals surface area contributed by atoms with E-state index in [2.05, 4.69) is 15.9 Å². The summed E-state index contributed by atoms with van der Waals surface area (Å²) in [7, 11) is 0. The van der Waals surface area contributed by atoms with Crippen LogP contribution in [0.3, 0.4) is 0 Å². The molecule has 3 heteroatoms. The fourth-order valence-corrected chi connectivity index (χ4v) is 2.65. The molecule has 1 nitrogen and oxygen atoms in total. The summed E-state index contributed by atoms with van der Waals surface area (Å²) >= 11 is 9.59. The second kappa shape index (κ2) is 3.26. The highest BCUT2D eigenvalue weighted by Gasteiger charge is 2.10. The first kappa shape index (κ1) is 9.25. The molecule has 0 saturated heterocycles. The van der Waals surface area contributed by atoms with Gasteiger partial charge in [-0.05, 0) is 18.2 Å². The van der Waals surface area contributed by atoms with Crippen molar-refractivity contribution >= 4 is 49.5 Å². The minimum absolute atomic E-state index is 0.712. The van der Waals surface area contributed by atoms with Gasteiger partial charge < -0.3 is 4.42 Å². The molecule has 0 fully saturated rings. The molecule has 74 valence electrons. The normalized spacial score (nSPS) is 11.3. The predicted molar refractivity (Wildman–Crippen MR) is 66.4 cm³/mol. The lowest BCUT2D eigenvalue weighted by Crippen LogP contribution is -1.70. The van der Waals surface area contributed by atoms with E-state index in [1.807, 2.05) is 36.4 Å². The van der Waals surface area contributed by atoms with Gasteiger partial charge in [-0.2, -0.15) is 0 Å². The van der Waals surface area contributed by atoms with Crippen molar-refractivity contribution in [3.8, 4) is 0 Å². The monoisotopic (exact) mass is 280 g/mol. The van der Waals surface area contributed by atoms with Gasteiger partial charge in [-0.25, -0.2) is 0 Å². The Balaban J connectivity index is 2.61. The maximum absolute atomic E-state index is 6.19. The number of hydrogen-bond donors (Lipinski definition) is 0. The Morgan fingerprint density at radius 1 is 1.07 bits per heavy atom. The lowest BCUT2D eigenvalue weighted by molar-refractivity contribution is 0.668. The smallest absolute Gasteiger partial charge is 0.138 e. The fourth-order valence-electron chi connectivity index (χ4n) is 1.77. The van der Waals surface area contributed by atoms with Crippen molar-refractivity contribution in [2.75, 3.05) is 0 Å². The first-order chi connectivity index (χ1) is 7.25. The lowest BCUT2D eigenvalue weighted by atomic mass is 10.1. The Morgan fingerprint density at radius 3 is 2.73 bits per heavy atom. The minimum Gasteiger partial charge on any atom is -0.456 e. The van der Waals surface area contributed by atoms with Crippen LogP contribution >= 0.6 is 27.5 Å². The number of rotatable bonds is 0. The second-order valence-electron chi connectivity index (χ2n) is 3.36. The molecule has 0 N–H and O–H groups in total. The summed E-state index contributed by atoms with van der Waals surface area (Å²) in [4.78, 5) is 0. The topological polar surface area (TPSA) is 13.1 Å². The molecule has 0 saturated carbocycles. The fraction of sp³-hybridized carbons (Fsp3) is 0. The summed E-state index contributed by atoms with van der Waals surface area (Å²) in [5, 5.41) is 2.75. The summed E-state index contributed by atoms with van der Waals surface area (Å²) in [6, 6.07) is 11.7. The van der Waals surface area contributed by atoms with Gasteiger partial charge in [-0.1, -0.05) is 45.7 Å². The molecule has 1 heterocycles. The van der Waals surface area contributed by atoms with Gasteiger partial charge in [0.2, 0.25) is 0 Å². The van der Waals surface area contributed by atoms with E-state index in [0.717, 1.165) is 26.4 Å². The van der Waals surface area contributed by atoms with Gasteiger partial charge >= 0.3 is 0 Å². The first-order valence-corrected chi connectivity index (χ1v) is 5.69. The summed E-state index contributed by atoms with van der Waals surface area (Å²) < 4.78 is 6.63. The molecule has 0 aliphatic rings. The quantitative estimate of drug-likeness (QED) is 0.565. The molecule has 0 atom stereocenters. The zero-order chi connectivity index (χ0) is 10.4. The third kappa shape index (κ3) is 1.36. The summed E-state index contributed by atoms with van der Waals surface area (Å²) in [6.07, 6.45) is 0. The molecule has 1 aromatic heterocycles. The molecule has 0 spiro atoms. The van der Waals surface area contributed by atoms with E-state index in [-0.39, 0.29) is 0 Å². The average Bonchev–Trinajstić information content (AvgIpc) is 2.54. The number of furan rings is 1. The molecule has 0 aliphatic carbocycles. The van der Waals surface area contributed by atoms with Crippen molar-refractivity contribution in [3.05, 3.63) is 45.9 Å². The molecule has 0 bridgehead atoms. The van der Waals surface area contributed by atoms with Gasteiger partial charge in [0.05, 0.1) is 5.02 Å². The maximum Gasteiger partial charge on any atom is 0.138 e. The molecule has 2 aromatic carbocycles. The Kier molecular flexibility index (Phi) is 2.01.